The van der Waals surface area contributed by atoms with Crippen molar-refractivity contribution in [3.05, 3.63) is 29.8 Å². The van der Waals surface area contributed by atoms with Crippen LogP contribution in [0.15, 0.2) is 24.3 Å². The topological polar surface area (TPSA) is 32.8 Å². The lowest BCUT2D eigenvalue weighted by atomic mass is 10.2. The largest absolute Gasteiger partial charge is 0.379 e. The van der Waals surface area contributed by atoms with Crippen LogP contribution in [0.5, 0.6) is 0 Å². The molecule has 1 aromatic carbocycles. The number of hydrogen-bond donors (Lipinski definition) is 1. The van der Waals surface area contributed by atoms with Crippen LogP contribution in [0.4, 0.5) is 5.69 Å². The molecule has 0 aliphatic carbocycles. The third-order valence-corrected chi connectivity index (χ3v) is 4.21. The molecule has 2 fully saturated rings. The number of carbonyl (C=O) groups excluding carboxylic acids is 1. The van der Waals surface area contributed by atoms with Crippen LogP contribution in [0.1, 0.15) is 12.0 Å². The Balaban J connectivity index is 1.63. The fourth-order valence-corrected chi connectivity index (χ4v) is 3.06. The summed E-state index contributed by atoms with van der Waals surface area (Å²) in [6.07, 6.45) is 0.540. The van der Waals surface area contributed by atoms with E-state index in [0.717, 1.165) is 38.5 Å². The molecule has 108 valence electrons. The fourth-order valence-electron chi connectivity index (χ4n) is 2.74. The summed E-state index contributed by atoms with van der Waals surface area (Å²) in [4.78, 5) is 16.1. The summed E-state index contributed by atoms with van der Waals surface area (Å²) in [5.74, 6) is 0.172. The number of carbonyl (C=O) groups is 1. The average molecular weight is 292 g/mol. The summed E-state index contributed by atoms with van der Waals surface area (Å²) in [7, 11) is 0. The van der Waals surface area contributed by atoms with Crippen molar-refractivity contribution in [2.75, 3.05) is 37.7 Å². The molecule has 2 aliphatic heterocycles. The highest BCUT2D eigenvalue weighted by Gasteiger charge is 2.28. The standard InChI is InChI=1S/C15H20N2O2S/c18-15-9-14(20)11-17(15)13-3-1-12(2-4-13)10-16-5-7-19-8-6-16/h1-4,14,20H,5-11H2. The number of hydrogen-bond acceptors (Lipinski definition) is 4. The van der Waals surface area contributed by atoms with Crippen LogP contribution >= 0.6 is 12.6 Å². The van der Waals surface area contributed by atoms with Gasteiger partial charge in [0.25, 0.3) is 0 Å². The molecule has 0 radical (unpaired) electrons. The molecule has 4 nitrogen and oxygen atoms in total. The number of amides is 1. The SMILES string of the molecule is O=C1CC(S)CN1c1ccc(CN2CCOCC2)cc1. The van der Waals surface area contributed by atoms with Gasteiger partial charge in [-0.3, -0.25) is 9.69 Å². The van der Waals surface area contributed by atoms with E-state index < -0.39 is 0 Å². The molecular formula is C15H20N2O2S. The van der Waals surface area contributed by atoms with E-state index in [4.69, 9.17) is 4.74 Å². The third-order valence-electron chi connectivity index (χ3n) is 3.86. The minimum absolute atomic E-state index is 0.163. The van der Waals surface area contributed by atoms with Gasteiger partial charge in [0.2, 0.25) is 5.91 Å². The third kappa shape index (κ3) is 3.16. The van der Waals surface area contributed by atoms with Gasteiger partial charge >= 0.3 is 0 Å². The summed E-state index contributed by atoms with van der Waals surface area (Å²) in [5.41, 5.74) is 2.27. The van der Waals surface area contributed by atoms with Crippen LogP contribution < -0.4 is 4.90 Å². The molecule has 1 atom stereocenters. The van der Waals surface area contributed by atoms with Gasteiger partial charge in [0.05, 0.1) is 13.2 Å². The molecule has 2 saturated heterocycles. The van der Waals surface area contributed by atoms with Crippen LogP contribution in [0.3, 0.4) is 0 Å². The maximum atomic E-state index is 11.8. The van der Waals surface area contributed by atoms with Crippen molar-refractivity contribution in [1.29, 1.82) is 0 Å². The van der Waals surface area contributed by atoms with Gasteiger partial charge in [-0.1, -0.05) is 12.1 Å². The Hall–Kier alpha value is -1.04. The molecule has 5 heteroatoms. The van der Waals surface area contributed by atoms with E-state index >= 15 is 0 Å². The first-order valence-corrected chi connectivity index (χ1v) is 7.61. The maximum Gasteiger partial charge on any atom is 0.228 e. The van der Waals surface area contributed by atoms with Gasteiger partial charge in [0, 0.05) is 43.5 Å². The molecule has 3 rings (SSSR count). The first-order chi connectivity index (χ1) is 9.72. The molecule has 2 aliphatic rings. The van der Waals surface area contributed by atoms with Gasteiger partial charge in [-0.2, -0.15) is 12.6 Å². The molecule has 0 saturated carbocycles. The zero-order chi connectivity index (χ0) is 13.9. The molecule has 2 heterocycles. The van der Waals surface area contributed by atoms with Crippen LogP contribution in [0.2, 0.25) is 0 Å². The Kier molecular flexibility index (Phi) is 4.29. The molecule has 0 bridgehead atoms. The molecule has 0 spiro atoms. The lowest BCUT2D eigenvalue weighted by molar-refractivity contribution is -0.117. The number of anilines is 1. The van der Waals surface area contributed by atoms with Crippen LogP contribution in [0.25, 0.3) is 0 Å². The van der Waals surface area contributed by atoms with Gasteiger partial charge in [-0.25, -0.2) is 0 Å². The van der Waals surface area contributed by atoms with Crippen LogP contribution in [-0.2, 0) is 16.1 Å². The zero-order valence-electron chi connectivity index (χ0n) is 11.5. The maximum absolute atomic E-state index is 11.8. The van der Waals surface area contributed by atoms with E-state index in [2.05, 4.69) is 29.7 Å². The van der Waals surface area contributed by atoms with Crippen molar-refractivity contribution >= 4 is 24.2 Å². The number of morpholine rings is 1. The highest BCUT2D eigenvalue weighted by molar-refractivity contribution is 7.81. The minimum Gasteiger partial charge on any atom is -0.379 e. The second kappa shape index (κ2) is 6.16. The molecule has 0 N–H and O–H groups in total. The highest BCUT2D eigenvalue weighted by atomic mass is 32.1. The summed E-state index contributed by atoms with van der Waals surface area (Å²) < 4.78 is 5.35. The Morgan fingerprint density at radius 1 is 1.20 bits per heavy atom. The molecule has 1 unspecified atom stereocenters. The summed E-state index contributed by atoms with van der Waals surface area (Å²) in [5, 5.41) is 0.163. The number of rotatable bonds is 3. The smallest absolute Gasteiger partial charge is 0.228 e. The molecular weight excluding hydrogens is 272 g/mol. The summed E-state index contributed by atoms with van der Waals surface area (Å²) >= 11 is 4.39. The highest BCUT2D eigenvalue weighted by Crippen LogP contribution is 2.24. The normalized spacial score (nSPS) is 24.4. The van der Waals surface area contributed by atoms with Gasteiger partial charge < -0.3 is 9.64 Å². The predicted molar refractivity (Wildman–Crippen MR) is 82.3 cm³/mol. The van der Waals surface area contributed by atoms with Gasteiger partial charge in [0.1, 0.15) is 0 Å². The molecule has 20 heavy (non-hydrogen) atoms. The van der Waals surface area contributed by atoms with Crippen molar-refractivity contribution in [2.45, 2.75) is 18.2 Å². The molecule has 0 aromatic heterocycles. The number of ether oxygens (including phenoxy) is 1. The van der Waals surface area contributed by atoms with Crippen molar-refractivity contribution < 1.29 is 9.53 Å². The predicted octanol–water partition coefficient (Wildman–Crippen LogP) is 1.55. The monoisotopic (exact) mass is 292 g/mol. The van der Waals surface area contributed by atoms with E-state index in [1.807, 2.05) is 17.0 Å². The van der Waals surface area contributed by atoms with E-state index in [-0.39, 0.29) is 11.2 Å². The van der Waals surface area contributed by atoms with E-state index in [1.165, 1.54) is 5.56 Å². The number of benzene rings is 1. The Labute approximate surface area is 125 Å². The molecule has 1 aromatic rings. The Bertz CT molecular complexity index is 471. The van der Waals surface area contributed by atoms with Gasteiger partial charge in [-0.15, -0.1) is 0 Å². The van der Waals surface area contributed by atoms with Crippen LogP contribution in [-0.4, -0.2) is 48.9 Å². The van der Waals surface area contributed by atoms with Crippen molar-refractivity contribution in [2.24, 2.45) is 0 Å². The van der Waals surface area contributed by atoms with E-state index in [0.29, 0.717) is 13.0 Å². The zero-order valence-corrected chi connectivity index (χ0v) is 12.4. The number of thiol groups is 1. The Morgan fingerprint density at radius 2 is 1.90 bits per heavy atom. The van der Waals surface area contributed by atoms with Crippen molar-refractivity contribution in [3.63, 3.8) is 0 Å². The first kappa shape index (κ1) is 13.9. The van der Waals surface area contributed by atoms with Crippen molar-refractivity contribution in [1.82, 2.24) is 4.90 Å². The average Bonchev–Trinajstić information content (AvgIpc) is 2.80. The summed E-state index contributed by atoms with van der Waals surface area (Å²) in [6, 6.07) is 8.31. The second-order valence-electron chi connectivity index (χ2n) is 5.42. The Morgan fingerprint density at radius 3 is 2.50 bits per heavy atom. The van der Waals surface area contributed by atoms with E-state index in [9.17, 15) is 4.79 Å². The minimum atomic E-state index is 0.163. The quantitative estimate of drug-likeness (QED) is 0.858. The summed E-state index contributed by atoms with van der Waals surface area (Å²) in [6.45, 7) is 5.30. The second-order valence-corrected chi connectivity index (χ2v) is 6.15. The number of nitrogens with zero attached hydrogens (tertiary/aromatic N) is 2. The first-order valence-electron chi connectivity index (χ1n) is 7.10. The van der Waals surface area contributed by atoms with E-state index in [1.54, 1.807) is 0 Å². The van der Waals surface area contributed by atoms with Crippen LogP contribution in [0, 0.1) is 0 Å². The van der Waals surface area contributed by atoms with Gasteiger partial charge in [-0.05, 0) is 17.7 Å². The van der Waals surface area contributed by atoms with Gasteiger partial charge in [0.15, 0.2) is 0 Å². The fraction of sp³-hybridized carbons (Fsp3) is 0.533. The molecule has 1 amide bonds. The van der Waals surface area contributed by atoms with Crippen molar-refractivity contribution in [3.8, 4) is 0 Å². The lowest BCUT2D eigenvalue weighted by Crippen LogP contribution is -2.35. The lowest BCUT2D eigenvalue weighted by Gasteiger charge is -2.26.